The van der Waals surface area contributed by atoms with Crippen molar-refractivity contribution in [3.05, 3.63) is 29.8 Å². The highest BCUT2D eigenvalue weighted by Crippen LogP contribution is 2.29. The van der Waals surface area contributed by atoms with Gasteiger partial charge in [-0.1, -0.05) is 0 Å². The molecule has 0 bridgehead atoms. The summed E-state index contributed by atoms with van der Waals surface area (Å²) in [5.74, 6) is 1.16. The van der Waals surface area contributed by atoms with Crippen LogP contribution in [0, 0.1) is 13.8 Å². The Bertz CT molecular complexity index is 1130. The molecule has 4 rings (SSSR count). The number of fused-ring (bicyclic) bond motifs is 1. The van der Waals surface area contributed by atoms with Crippen LogP contribution in [0.1, 0.15) is 38.4 Å². The highest BCUT2D eigenvalue weighted by atomic mass is 16.6. The van der Waals surface area contributed by atoms with Gasteiger partial charge in [0.15, 0.2) is 11.2 Å². The zero-order chi connectivity index (χ0) is 22.3. The highest BCUT2D eigenvalue weighted by Gasteiger charge is 2.31. The summed E-state index contributed by atoms with van der Waals surface area (Å²) < 4.78 is 13.5. The zero-order valence-electron chi connectivity index (χ0n) is 18.8. The molecular weight excluding hydrogens is 396 g/mol. The average Bonchev–Trinajstić information content (AvgIpc) is 3.29. The van der Waals surface area contributed by atoms with E-state index in [1.54, 1.807) is 4.90 Å². The lowest BCUT2D eigenvalue weighted by molar-refractivity contribution is 0.0275. The third-order valence-electron chi connectivity index (χ3n) is 5.30. The van der Waals surface area contributed by atoms with Crippen LogP contribution in [0.4, 0.5) is 4.79 Å². The predicted molar refractivity (Wildman–Crippen MR) is 116 cm³/mol. The number of hydrogen-bond donors (Lipinski definition) is 0. The number of imidazole rings is 1. The molecule has 0 saturated carbocycles. The first-order valence-electron chi connectivity index (χ1n) is 10.4. The Morgan fingerprint density at radius 2 is 1.97 bits per heavy atom. The van der Waals surface area contributed by atoms with Crippen molar-refractivity contribution in [1.29, 1.82) is 0 Å². The molecule has 0 aromatic carbocycles. The summed E-state index contributed by atoms with van der Waals surface area (Å²) in [6.45, 7) is 10.6. The molecule has 1 fully saturated rings. The SMILES string of the molecule is Cc1cc(-c2nc3c(OC4CCN(C(=O)OC(C)(C)C)C4)ncnc3n2C)cnc1C. The molecule has 0 N–H and O–H groups in total. The number of aryl methyl sites for hydroxylation is 3. The number of carbonyl (C=O) groups excluding carboxylic acids is 1. The Morgan fingerprint density at radius 1 is 1.19 bits per heavy atom. The van der Waals surface area contributed by atoms with Gasteiger partial charge in [0.1, 0.15) is 23.9 Å². The van der Waals surface area contributed by atoms with Crippen LogP contribution < -0.4 is 4.74 Å². The van der Waals surface area contributed by atoms with Crippen LogP contribution >= 0.6 is 0 Å². The Balaban J connectivity index is 1.57. The van der Waals surface area contributed by atoms with E-state index in [9.17, 15) is 4.79 Å². The van der Waals surface area contributed by atoms with Gasteiger partial charge in [0.2, 0.25) is 5.88 Å². The van der Waals surface area contributed by atoms with E-state index < -0.39 is 5.60 Å². The van der Waals surface area contributed by atoms with E-state index in [0.717, 1.165) is 22.6 Å². The molecule has 9 nitrogen and oxygen atoms in total. The summed E-state index contributed by atoms with van der Waals surface area (Å²) in [4.78, 5) is 31.9. The number of aromatic nitrogens is 5. The van der Waals surface area contributed by atoms with Crippen molar-refractivity contribution in [3.63, 3.8) is 0 Å². The van der Waals surface area contributed by atoms with E-state index in [0.29, 0.717) is 36.6 Å². The summed E-state index contributed by atoms with van der Waals surface area (Å²) in [5, 5.41) is 0. The number of rotatable bonds is 3. The third kappa shape index (κ3) is 4.30. The van der Waals surface area contributed by atoms with Crippen molar-refractivity contribution < 1.29 is 14.3 Å². The van der Waals surface area contributed by atoms with Crippen LogP contribution in [0.15, 0.2) is 18.6 Å². The first-order chi connectivity index (χ1) is 14.6. The molecule has 1 unspecified atom stereocenters. The molecule has 1 amide bonds. The Labute approximate surface area is 181 Å². The Kier molecular flexibility index (Phi) is 5.28. The van der Waals surface area contributed by atoms with E-state index in [1.807, 2.05) is 52.4 Å². The van der Waals surface area contributed by atoms with Gasteiger partial charge >= 0.3 is 6.09 Å². The van der Waals surface area contributed by atoms with Crippen molar-refractivity contribution in [3.8, 4) is 17.3 Å². The standard InChI is InChI=1S/C22H28N6O3/c1-13-9-15(10-23-14(13)2)18-26-17-19(27(18)6)24-12-25-20(17)30-16-7-8-28(11-16)21(29)31-22(3,4)5/h9-10,12,16H,7-8,11H2,1-6H3. The van der Waals surface area contributed by atoms with Gasteiger partial charge in [-0.3, -0.25) is 4.98 Å². The van der Waals surface area contributed by atoms with E-state index in [-0.39, 0.29) is 12.2 Å². The number of pyridine rings is 1. The van der Waals surface area contributed by atoms with Gasteiger partial charge in [0.05, 0.1) is 6.54 Å². The molecule has 1 aliphatic rings. The molecule has 31 heavy (non-hydrogen) atoms. The van der Waals surface area contributed by atoms with Crippen molar-refractivity contribution >= 4 is 17.3 Å². The highest BCUT2D eigenvalue weighted by molar-refractivity contribution is 5.81. The molecule has 1 aliphatic heterocycles. The fraction of sp³-hybridized carbons (Fsp3) is 0.500. The topological polar surface area (TPSA) is 95.3 Å². The number of nitrogens with zero attached hydrogens (tertiary/aromatic N) is 6. The lowest BCUT2D eigenvalue weighted by Gasteiger charge is -2.24. The first kappa shape index (κ1) is 21.0. The molecule has 0 aliphatic carbocycles. The maximum Gasteiger partial charge on any atom is 0.410 e. The molecule has 0 spiro atoms. The summed E-state index contributed by atoms with van der Waals surface area (Å²) in [6.07, 6.45) is 3.48. The maximum absolute atomic E-state index is 12.3. The second kappa shape index (κ2) is 7.79. The van der Waals surface area contributed by atoms with Crippen LogP contribution in [0.25, 0.3) is 22.6 Å². The largest absolute Gasteiger partial charge is 0.471 e. The summed E-state index contributed by atoms with van der Waals surface area (Å²) in [7, 11) is 1.91. The number of carbonyl (C=O) groups is 1. The second-order valence-corrected chi connectivity index (χ2v) is 8.93. The van der Waals surface area contributed by atoms with Gasteiger partial charge in [0.25, 0.3) is 0 Å². The van der Waals surface area contributed by atoms with Gasteiger partial charge in [-0.15, -0.1) is 0 Å². The van der Waals surface area contributed by atoms with Crippen LogP contribution in [0.3, 0.4) is 0 Å². The van der Waals surface area contributed by atoms with Gasteiger partial charge in [-0.05, 0) is 46.2 Å². The van der Waals surface area contributed by atoms with E-state index in [1.165, 1.54) is 6.33 Å². The fourth-order valence-corrected chi connectivity index (χ4v) is 3.56. The number of amides is 1. The molecular formula is C22H28N6O3. The lowest BCUT2D eigenvalue weighted by atomic mass is 10.1. The van der Waals surface area contributed by atoms with Gasteiger partial charge in [-0.25, -0.2) is 14.8 Å². The predicted octanol–water partition coefficient (Wildman–Crippen LogP) is 3.43. The zero-order valence-corrected chi connectivity index (χ0v) is 18.8. The minimum Gasteiger partial charge on any atom is -0.471 e. The Hall–Kier alpha value is -3.23. The van der Waals surface area contributed by atoms with Gasteiger partial charge in [0, 0.05) is 37.5 Å². The van der Waals surface area contributed by atoms with Crippen LogP contribution in [-0.2, 0) is 11.8 Å². The number of ether oxygens (including phenoxy) is 2. The molecule has 3 aromatic rings. The van der Waals surface area contributed by atoms with E-state index in [4.69, 9.17) is 14.5 Å². The molecule has 0 radical (unpaired) electrons. The van der Waals surface area contributed by atoms with Gasteiger partial charge < -0.3 is 18.9 Å². The normalized spacial score (nSPS) is 16.7. The van der Waals surface area contributed by atoms with Crippen molar-refractivity contribution in [2.45, 2.75) is 52.7 Å². The third-order valence-corrected chi connectivity index (χ3v) is 5.30. The fourth-order valence-electron chi connectivity index (χ4n) is 3.56. The van der Waals surface area contributed by atoms with Crippen molar-refractivity contribution in [2.24, 2.45) is 7.05 Å². The van der Waals surface area contributed by atoms with E-state index >= 15 is 0 Å². The van der Waals surface area contributed by atoms with Crippen molar-refractivity contribution in [1.82, 2.24) is 29.4 Å². The lowest BCUT2D eigenvalue weighted by Crippen LogP contribution is -2.36. The second-order valence-electron chi connectivity index (χ2n) is 8.93. The molecule has 3 aromatic heterocycles. The van der Waals surface area contributed by atoms with Gasteiger partial charge in [-0.2, -0.15) is 4.98 Å². The summed E-state index contributed by atoms with van der Waals surface area (Å²) >= 11 is 0. The molecule has 9 heteroatoms. The number of hydrogen-bond acceptors (Lipinski definition) is 7. The summed E-state index contributed by atoms with van der Waals surface area (Å²) in [5.41, 5.74) is 3.74. The molecule has 4 heterocycles. The smallest absolute Gasteiger partial charge is 0.410 e. The Morgan fingerprint density at radius 3 is 2.68 bits per heavy atom. The van der Waals surface area contributed by atoms with Crippen LogP contribution in [0.2, 0.25) is 0 Å². The average molecular weight is 425 g/mol. The molecule has 1 saturated heterocycles. The quantitative estimate of drug-likeness (QED) is 0.636. The molecule has 164 valence electrons. The maximum atomic E-state index is 12.3. The summed E-state index contributed by atoms with van der Waals surface area (Å²) in [6, 6.07) is 2.06. The molecule has 1 atom stereocenters. The number of likely N-dealkylation sites (tertiary alicyclic amines) is 1. The monoisotopic (exact) mass is 424 g/mol. The van der Waals surface area contributed by atoms with E-state index in [2.05, 4.69) is 21.0 Å². The van der Waals surface area contributed by atoms with Crippen molar-refractivity contribution in [2.75, 3.05) is 13.1 Å². The van der Waals surface area contributed by atoms with Crippen LogP contribution in [-0.4, -0.2) is 60.3 Å². The van der Waals surface area contributed by atoms with Crippen LogP contribution in [0.5, 0.6) is 5.88 Å². The minimum atomic E-state index is -0.525. The minimum absolute atomic E-state index is 0.181. The first-order valence-corrected chi connectivity index (χ1v) is 10.4.